The van der Waals surface area contributed by atoms with Gasteiger partial charge in [-0.3, -0.25) is 9.69 Å². The van der Waals surface area contributed by atoms with Gasteiger partial charge in [0.2, 0.25) is 0 Å². The van der Waals surface area contributed by atoms with Crippen LogP contribution in [-0.2, 0) is 10.6 Å². The van der Waals surface area contributed by atoms with Crippen LogP contribution in [0.4, 0.5) is 10.1 Å². The molecule has 0 N–H and O–H groups in total. The Morgan fingerprint density at radius 3 is 2.45 bits per heavy atom. The molecule has 1 unspecified atom stereocenters. The van der Waals surface area contributed by atoms with Gasteiger partial charge in [0, 0.05) is 43.9 Å². The summed E-state index contributed by atoms with van der Waals surface area (Å²) < 4.78 is 16.7. The average Bonchev–Trinajstić information content (AvgIpc) is 3.79. The highest BCUT2D eigenvalue weighted by Gasteiger charge is 2.45. The molecular weight excluding hydrogens is 592 g/mol. The van der Waals surface area contributed by atoms with E-state index < -0.39 is 3.55 Å². The molecule has 2 aromatic heterocycles. The van der Waals surface area contributed by atoms with E-state index in [2.05, 4.69) is 70.3 Å². The molecule has 0 bridgehead atoms. The van der Waals surface area contributed by atoms with Gasteiger partial charge in [-0.05, 0) is 61.8 Å². The van der Waals surface area contributed by atoms with Crippen LogP contribution in [0.3, 0.4) is 0 Å². The topological polar surface area (TPSA) is 65.2 Å². The molecule has 8 heteroatoms. The van der Waals surface area contributed by atoms with Gasteiger partial charge in [0.15, 0.2) is 0 Å². The second-order valence-corrected chi connectivity index (χ2v) is 12.4. The average molecular weight is 628 g/mol. The smallest absolute Gasteiger partial charge is 0.252 e. The number of aryl methyl sites for hydroxylation is 1. The highest BCUT2D eigenvalue weighted by atomic mass is 127. The molecule has 1 saturated carbocycles. The molecule has 1 aliphatic heterocycles. The van der Waals surface area contributed by atoms with E-state index in [9.17, 15) is 10.1 Å². The van der Waals surface area contributed by atoms with E-state index in [1.54, 1.807) is 35.9 Å². The molecule has 3 aromatic rings. The van der Waals surface area contributed by atoms with Crippen LogP contribution in [-0.4, -0.2) is 39.6 Å². The largest absolute Gasteiger partial charge is 0.364 e. The van der Waals surface area contributed by atoms with Crippen molar-refractivity contribution in [1.82, 2.24) is 14.5 Å². The number of hydrogen-bond acceptors (Lipinski definition) is 5. The van der Waals surface area contributed by atoms with Crippen LogP contribution in [0.5, 0.6) is 0 Å². The fourth-order valence-electron chi connectivity index (χ4n) is 6.03. The zero-order valence-corrected chi connectivity index (χ0v) is 24.7. The number of piperazine rings is 1. The van der Waals surface area contributed by atoms with Gasteiger partial charge in [0.05, 0.1) is 11.2 Å². The lowest BCUT2D eigenvalue weighted by Crippen LogP contribution is -2.62. The van der Waals surface area contributed by atoms with Crippen molar-refractivity contribution < 1.29 is 4.39 Å². The van der Waals surface area contributed by atoms with Crippen LogP contribution < -0.4 is 10.5 Å². The number of nitriles is 1. The first-order valence-electron chi connectivity index (χ1n) is 13.7. The Morgan fingerprint density at radius 1 is 1.11 bits per heavy atom. The number of rotatable bonds is 7. The molecule has 0 amide bonds. The summed E-state index contributed by atoms with van der Waals surface area (Å²) in [4.78, 5) is 22.4. The molecule has 3 heterocycles. The third-order valence-corrected chi connectivity index (χ3v) is 10.5. The SMILES string of the molecule is CC[C@H]1CN(C(I)(CC)c2ccc(C3CC3)cc2F)[C@H](CC)CN1c1cc(=O)n(C)c2ccc(C#N)nc12. The molecule has 1 aromatic carbocycles. The third-order valence-electron chi connectivity index (χ3n) is 8.51. The fourth-order valence-corrected chi connectivity index (χ4v) is 7.06. The number of hydrogen-bond donors (Lipinski definition) is 0. The maximum Gasteiger partial charge on any atom is 0.252 e. The van der Waals surface area contributed by atoms with Crippen LogP contribution in [0.15, 0.2) is 41.2 Å². The Morgan fingerprint density at radius 2 is 1.84 bits per heavy atom. The maximum absolute atomic E-state index is 15.6. The number of fused-ring (bicyclic) bond motifs is 1. The normalized spacial score (nSPS) is 21.9. The van der Waals surface area contributed by atoms with Gasteiger partial charge in [-0.15, -0.1) is 0 Å². The standard InChI is InChI=1S/C30H35FIN5O/c1-5-22-18-37(30(32,7-3)24-12-10-20(14-25(24)31)19-8-9-19)23(6-2)17-36(22)27-15-28(38)35(4)26-13-11-21(16-33)34-29(26)27/h10-15,19,22-23H,5-9,17-18H2,1-4H3/t22-,23+,30?/m0/s1. The van der Waals surface area contributed by atoms with Gasteiger partial charge >= 0.3 is 0 Å². The minimum atomic E-state index is -0.481. The summed E-state index contributed by atoms with van der Waals surface area (Å²) in [7, 11) is 1.74. The summed E-state index contributed by atoms with van der Waals surface area (Å²) in [5.74, 6) is 0.408. The van der Waals surface area contributed by atoms with Gasteiger partial charge in [-0.1, -0.05) is 55.5 Å². The summed E-state index contributed by atoms with van der Waals surface area (Å²) in [6.45, 7) is 7.91. The van der Waals surface area contributed by atoms with E-state index in [0.29, 0.717) is 29.2 Å². The van der Waals surface area contributed by atoms with Crippen molar-refractivity contribution in [3.05, 3.63) is 69.4 Å². The molecule has 0 spiro atoms. The van der Waals surface area contributed by atoms with Gasteiger partial charge < -0.3 is 9.47 Å². The number of nitrogens with zero attached hydrogens (tertiary/aromatic N) is 5. The van der Waals surface area contributed by atoms with Crippen molar-refractivity contribution in [3.63, 3.8) is 0 Å². The van der Waals surface area contributed by atoms with E-state index in [4.69, 9.17) is 0 Å². The summed E-state index contributed by atoms with van der Waals surface area (Å²) in [5, 5.41) is 9.50. The van der Waals surface area contributed by atoms with E-state index in [1.165, 1.54) is 0 Å². The van der Waals surface area contributed by atoms with Gasteiger partial charge in [0.25, 0.3) is 5.56 Å². The van der Waals surface area contributed by atoms with Gasteiger partial charge in [-0.25, -0.2) is 9.37 Å². The van der Waals surface area contributed by atoms with Crippen LogP contribution >= 0.6 is 22.6 Å². The van der Waals surface area contributed by atoms with Gasteiger partial charge in [0.1, 0.15) is 26.6 Å². The number of anilines is 1. The molecule has 200 valence electrons. The predicted molar refractivity (Wildman–Crippen MR) is 158 cm³/mol. The summed E-state index contributed by atoms with van der Waals surface area (Å²) in [6, 6.07) is 13.4. The zero-order valence-electron chi connectivity index (χ0n) is 22.5. The van der Waals surface area contributed by atoms with E-state index in [-0.39, 0.29) is 23.5 Å². The molecule has 2 aliphatic rings. The van der Waals surface area contributed by atoms with Crippen LogP contribution in [0.2, 0.25) is 0 Å². The first-order valence-corrected chi connectivity index (χ1v) is 14.8. The van der Waals surface area contributed by atoms with Crippen molar-refractivity contribution in [2.75, 3.05) is 18.0 Å². The molecular formula is C30H35FIN5O. The minimum Gasteiger partial charge on any atom is -0.364 e. The monoisotopic (exact) mass is 627 g/mol. The van der Waals surface area contributed by atoms with E-state index in [0.717, 1.165) is 55.5 Å². The summed E-state index contributed by atoms with van der Waals surface area (Å²) >= 11 is 2.48. The lowest BCUT2D eigenvalue weighted by Gasteiger charge is -2.53. The van der Waals surface area contributed by atoms with Crippen LogP contribution in [0, 0.1) is 17.1 Å². The summed E-state index contributed by atoms with van der Waals surface area (Å²) in [6.07, 6.45) is 4.84. The minimum absolute atomic E-state index is 0.0982. The van der Waals surface area contributed by atoms with Crippen molar-refractivity contribution in [2.24, 2.45) is 7.05 Å². The van der Waals surface area contributed by atoms with Crippen LogP contribution in [0.25, 0.3) is 11.0 Å². The predicted octanol–water partition coefficient (Wildman–Crippen LogP) is 6.20. The van der Waals surface area contributed by atoms with Crippen molar-refractivity contribution in [3.8, 4) is 6.07 Å². The Bertz CT molecular complexity index is 1460. The second-order valence-electron chi connectivity index (χ2n) is 10.7. The fraction of sp³-hybridized carbons (Fsp3) is 0.500. The molecule has 1 aliphatic carbocycles. The second kappa shape index (κ2) is 10.6. The molecule has 6 nitrogen and oxygen atoms in total. The van der Waals surface area contributed by atoms with Gasteiger partial charge in [-0.2, -0.15) is 5.26 Å². The number of halogens is 2. The number of benzene rings is 1. The molecule has 0 radical (unpaired) electrons. The third kappa shape index (κ3) is 4.62. The highest BCUT2D eigenvalue weighted by molar-refractivity contribution is 14.1. The molecule has 3 atom stereocenters. The molecule has 5 rings (SSSR count). The Hall–Kier alpha value is -2.51. The lowest BCUT2D eigenvalue weighted by atomic mass is 9.93. The number of alkyl halides is 1. The molecule has 2 fully saturated rings. The first-order chi connectivity index (χ1) is 18.2. The Labute approximate surface area is 237 Å². The van der Waals surface area contributed by atoms with Crippen molar-refractivity contribution in [1.29, 1.82) is 5.26 Å². The Balaban J connectivity index is 1.56. The first kappa shape index (κ1) is 27.1. The molecule has 38 heavy (non-hydrogen) atoms. The van der Waals surface area contributed by atoms with E-state index in [1.807, 2.05) is 6.07 Å². The highest BCUT2D eigenvalue weighted by Crippen LogP contribution is 2.47. The zero-order chi connectivity index (χ0) is 27.2. The maximum atomic E-state index is 15.6. The van der Waals surface area contributed by atoms with Crippen molar-refractivity contribution >= 4 is 39.3 Å². The van der Waals surface area contributed by atoms with Crippen molar-refractivity contribution in [2.45, 2.75) is 74.4 Å². The lowest BCUT2D eigenvalue weighted by molar-refractivity contribution is 0.0771. The number of aromatic nitrogens is 2. The van der Waals surface area contributed by atoms with E-state index >= 15 is 4.39 Å². The quantitative estimate of drug-likeness (QED) is 0.177. The Kier molecular flexibility index (Phi) is 7.53. The van der Waals surface area contributed by atoms with Crippen LogP contribution in [0.1, 0.15) is 75.6 Å². The number of pyridine rings is 2. The molecule has 1 saturated heterocycles. The summed E-state index contributed by atoms with van der Waals surface area (Å²) in [5.41, 5.74) is 4.27.